The lowest BCUT2D eigenvalue weighted by atomic mass is 9.82. The lowest BCUT2D eigenvalue weighted by Crippen LogP contribution is -2.17. The van der Waals surface area contributed by atoms with Crippen LogP contribution in [0.25, 0.3) is 16.7 Å². The van der Waals surface area contributed by atoms with Crippen molar-refractivity contribution in [1.29, 1.82) is 0 Å². The van der Waals surface area contributed by atoms with E-state index in [-0.39, 0.29) is 11.8 Å². The quantitative estimate of drug-likeness (QED) is 0.683. The Morgan fingerprint density at radius 3 is 2.69 bits per heavy atom. The molecule has 1 aromatic carbocycles. The van der Waals surface area contributed by atoms with Gasteiger partial charge in [0.05, 0.1) is 22.9 Å². The number of aromatic nitrogens is 3. The van der Waals surface area contributed by atoms with Crippen molar-refractivity contribution in [2.45, 2.75) is 44.1 Å². The molecule has 1 unspecified atom stereocenters. The summed E-state index contributed by atoms with van der Waals surface area (Å²) in [7, 11) is 0. The fourth-order valence-electron chi connectivity index (χ4n) is 4.01. The first kappa shape index (κ1) is 18.1. The minimum atomic E-state index is -1.08. The first-order valence-electron chi connectivity index (χ1n) is 10.2. The molecule has 1 saturated heterocycles. The van der Waals surface area contributed by atoms with E-state index in [0.29, 0.717) is 23.9 Å². The molecule has 2 aliphatic rings. The van der Waals surface area contributed by atoms with Gasteiger partial charge in [-0.3, -0.25) is 0 Å². The minimum Gasteiger partial charge on any atom is -0.490 e. The number of hydrogen-bond donors (Lipinski definition) is 1. The van der Waals surface area contributed by atoms with Crippen molar-refractivity contribution in [2.24, 2.45) is 0 Å². The van der Waals surface area contributed by atoms with Gasteiger partial charge in [0.2, 0.25) is 0 Å². The van der Waals surface area contributed by atoms with Crippen molar-refractivity contribution in [3.05, 3.63) is 47.8 Å². The van der Waals surface area contributed by atoms with Crippen LogP contribution in [0.5, 0.6) is 5.75 Å². The minimum absolute atomic E-state index is 0.0443. The van der Waals surface area contributed by atoms with E-state index in [4.69, 9.17) is 14.6 Å². The zero-order chi connectivity index (χ0) is 19.8. The third kappa shape index (κ3) is 3.35. The van der Waals surface area contributed by atoms with Gasteiger partial charge in [-0.05, 0) is 37.8 Å². The molecule has 0 spiro atoms. The molecule has 3 aromatic rings. The van der Waals surface area contributed by atoms with Crippen LogP contribution in [-0.4, -0.2) is 45.2 Å². The Morgan fingerprint density at radius 1 is 1.21 bits per heavy atom. The van der Waals surface area contributed by atoms with Crippen LogP contribution in [0.2, 0.25) is 0 Å². The third-order valence-corrected chi connectivity index (χ3v) is 5.79. The highest BCUT2D eigenvalue weighted by atomic mass is 16.5. The molecule has 7 nitrogen and oxygen atoms in total. The highest BCUT2D eigenvalue weighted by molar-refractivity contribution is 5.94. The summed E-state index contributed by atoms with van der Waals surface area (Å²) in [5.41, 5.74) is 2.28. The Hall–Kier alpha value is -2.93. The molecule has 1 saturated carbocycles. The van der Waals surface area contributed by atoms with Crippen molar-refractivity contribution in [1.82, 2.24) is 14.8 Å². The van der Waals surface area contributed by atoms with Crippen LogP contribution < -0.4 is 4.74 Å². The SMILES string of the molecule is O=C(O)c1cc(OCC2CCCO2)c2c(C3CCC3)nn(-c3ccccc3)c2n1. The van der Waals surface area contributed by atoms with Crippen molar-refractivity contribution in [2.75, 3.05) is 13.2 Å². The fraction of sp³-hybridized carbons (Fsp3) is 0.409. The second-order valence-corrected chi connectivity index (χ2v) is 7.72. The molecule has 2 fully saturated rings. The van der Waals surface area contributed by atoms with Crippen LogP contribution in [-0.2, 0) is 4.74 Å². The lowest BCUT2D eigenvalue weighted by molar-refractivity contribution is 0.0673. The predicted molar refractivity (Wildman–Crippen MR) is 107 cm³/mol. The van der Waals surface area contributed by atoms with Gasteiger partial charge in [0.1, 0.15) is 12.4 Å². The highest BCUT2D eigenvalue weighted by Crippen LogP contribution is 2.42. The summed E-state index contributed by atoms with van der Waals surface area (Å²) >= 11 is 0. The maximum Gasteiger partial charge on any atom is 0.354 e. The predicted octanol–water partition coefficient (Wildman–Crippen LogP) is 3.94. The van der Waals surface area contributed by atoms with E-state index in [1.165, 1.54) is 12.5 Å². The Bertz CT molecular complexity index is 1040. The summed E-state index contributed by atoms with van der Waals surface area (Å²) in [6.07, 6.45) is 5.36. The van der Waals surface area contributed by atoms with Crippen LogP contribution in [0.3, 0.4) is 0 Å². The van der Waals surface area contributed by atoms with E-state index in [2.05, 4.69) is 4.98 Å². The van der Waals surface area contributed by atoms with Crippen molar-refractivity contribution < 1.29 is 19.4 Å². The molecule has 29 heavy (non-hydrogen) atoms. The number of benzene rings is 1. The highest BCUT2D eigenvalue weighted by Gasteiger charge is 2.30. The Morgan fingerprint density at radius 2 is 2.03 bits per heavy atom. The third-order valence-electron chi connectivity index (χ3n) is 5.79. The van der Waals surface area contributed by atoms with Gasteiger partial charge in [0.25, 0.3) is 0 Å². The van der Waals surface area contributed by atoms with Crippen LogP contribution in [0, 0.1) is 0 Å². The van der Waals surface area contributed by atoms with E-state index < -0.39 is 5.97 Å². The number of carboxylic acids is 1. The number of aromatic carboxylic acids is 1. The van der Waals surface area contributed by atoms with Gasteiger partial charge in [0.15, 0.2) is 11.3 Å². The van der Waals surface area contributed by atoms with Gasteiger partial charge in [-0.1, -0.05) is 24.6 Å². The van der Waals surface area contributed by atoms with E-state index >= 15 is 0 Å². The second kappa shape index (κ2) is 7.48. The number of pyridine rings is 1. The first-order chi connectivity index (χ1) is 14.2. The molecule has 5 rings (SSSR count). The molecule has 7 heteroatoms. The van der Waals surface area contributed by atoms with Gasteiger partial charge in [0, 0.05) is 18.6 Å². The molecule has 1 N–H and O–H groups in total. The standard InChI is InChI=1S/C22H23N3O4/c26-22(27)17-12-18(29-13-16-10-5-11-28-16)19-20(14-6-4-7-14)24-25(21(19)23-17)15-8-2-1-3-9-15/h1-3,8-9,12,14,16H,4-7,10-11,13H2,(H,26,27). The fourth-order valence-corrected chi connectivity index (χ4v) is 4.01. The largest absolute Gasteiger partial charge is 0.490 e. The molecule has 0 radical (unpaired) electrons. The lowest BCUT2D eigenvalue weighted by Gasteiger charge is -2.24. The van der Waals surface area contributed by atoms with Gasteiger partial charge in [-0.2, -0.15) is 5.10 Å². The molecular weight excluding hydrogens is 370 g/mol. The van der Waals surface area contributed by atoms with Crippen LogP contribution in [0.1, 0.15) is 54.2 Å². The van der Waals surface area contributed by atoms with Crippen LogP contribution in [0.15, 0.2) is 36.4 Å². The number of ether oxygens (including phenoxy) is 2. The molecule has 1 aliphatic carbocycles. The molecular formula is C22H23N3O4. The van der Waals surface area contributed by atoms with Crippen LogP contribution in [0.4, 0.5) is 0 Å². The number of para-hydroxylation sites is 1. The maximum atomic E-state index is 11.7. The monoisotopic (exact) mass is 393 g/mol. The Kier molecular flexibility index (Phi) is 4.67. The van der Waals surface area contributed by atoms with Crippen molar-refractivity contribution >= 4 is 17.0 Å². The number of rotatable bonds is 6. The van der Waals surface area contributed by atoms with Crippen molar-refractivity contribution in [3.8, 4) is 11.4 Å². The molecule has 150 valence electrons. The summed E-state index contributed by atoms with van der Waals surface area (Å²) in [4.78, 5) is 16.2. The van der Waals surface area contributed by atoms with Crippen LogP contribution >= 0.6 is 0 Å². The van der Waals surface area contributed by atoms with Gasteiger partial charge < -0.3 is 14.6 Å². The summed E-state index contributed by atoms with van der Waals surface area (Å²) in [6, 6.07) is 11.2. The van der Waals surface area contributed by atoms with E-state index in [0.717, 1.165) is 49.1 Å². The van der Waals surface area contributed by atoms with Gasteiger partial charge in [-0.25, -0.2) is 14.5 Å². The number of nitrogens with zero attached hydrogens (tertiary/aromatic N) is 3. The zero-order valence-electron chi connectivity index (χ0n) is 16.1. The van der Waals surface area contributed by atoms with Crippen molar-refractivity contribution in [3.63, 3.8) is 0 Å². The zero-order valence-corrected chi connectivity index (χ0v) is 16.1. The van der Waals surface area contributed by atoms with E-state index in [1.54, 1.807) is 4.68 Å². The number of fused-ring (bicyclic) bond motifs is 1. The summed E-state index contributed by atoms with van der Waals surface area (Å²) < 4.78 is 13.5. The number of carbonyl (C=O) groups is 1. The second-order valence-electron chi connectivity index (χ2n) is 7.72. The summed E-state index contributed by atoms with van der Waals surface area (Å²) in [5, 5.41) is 15.3. The Labute approximate surface area is 168 Å². The van der Waals surface area contributed by atoms with Gasteiger partial charge in [-0.15, -0.1) is 0 Å². The molecule has 3 heterocycles. The first-order valence-corrected chi connectivity index (χ1v) is 10.2. The molecule has 1 aliphatic heterocycles. The number of carboxylic acid groups (broad SMARTS) is 1. The van der Waals surface area contributed by atoms with Gasteiger partial charge >= 0.3 is 5.97 Å². The Balaban J connectivity index is 1.66. The average molecular weight is 393 g/mol. The molecule has 0 bridgehead atoms. The molecule has 2 aromatic heterocycles. The molecule has 0 amide bonds. The van der Waals surface area contributed by atoms with E-state index in [9.17, 15) is 9.90 Å². The summed E-state index contributed by atoms with van der Waals surface area (Å²) in [5.74, 6) is -0.197. The molecule has 1 atom stereocenters. The smallest absolute Gasteiger partial charge is 0.354 e. The van der Waals surface area contributed by atoms with E-state index in [1.807, 2.05) is 30.3 Å². The normalized spacial score (nSPS) is 19.4. The summed E-state index contributed by atoms with van der Waals surface area (Å²) in [6.45, 7) is 1.15. The number of hydrogen-bond acceptors (Lipinski definition) is 5. The average Bonchev–Trinajstić information content (AvgIpc) is 3.34. The maximum absolute atomic E-state index is 11.7. The topological polar surface area (TPSA) is 86.5 Å².